The topological polar surface area (TPSA) is 67.6 Å². The van der Waals surface area contributed by atoms with Crippen LogP contribution in [0.2, 0.25) is 0 Å². The minimum Gasteiger partial charge on any atom is -0.508 e. The summed E-state index contributed by atoms with van der Waals surface area (Å²) in [5.41, 5.74) is 2.95. The molecule has 4 rings (SSSR count). The smallest absolute Gasteiger partial charge is 0.274 e. The second-order valence-corrected chi connectivity index (χ2v) is 6.11. The van der Waals surface area contributed by atoms with Crippen LogP contribution in [0.3, 0.4) is 0 Å². The number of morpholine rings is 1. The minimum absolute atomic E-state index is 0.0944. The molecule has 1 N–H and O–H groups in total. The first-order valence-corrected chi connectivity index (χ1v) is 8.54. The number of phenols is 1. The summed E-state index contributed by atoms with van der Waals surface area (Å²) < 4.78 is 7.09. The van der Waals surface area contributed by atoms with Gasteiger partial charge in [0.25, 0.3) is 5.91 Å². The number of nitrogens with zero attached hydrogens (tertiary/aromatic N) is 3. The number of hydrogen-bond donors (Lipinski definition) is 1. The number of amides is 1. The SMILES string of the molecule is O=C(c1cc(-c2ccc(O)cc2)n(-c2ccccc2)n1)N1CCOCC1. The Bertz CT molecular complexity index is 898. The summed E-state index contributed by atoms with van der Waals surface area (Å²) in [5.74, 6) is 0.104. The summed E-state index contributed by atoms with van der Waals surface area (Å²) in [5, 5.41) is 14.1. The molecule has 1 aliphatic rings. The number of phenolic OH excluding ortho intramolecular Hbond substituents is 1. The Hall–Kier alpha value is -3.12. The van der Waals surface area contributed by atoms with Gasteiger partial charge in [0.15, 0.2) is 5.69 Å². The second kappa shape index (κ2) is 7.01. The lowest BCUT2D eigenvalue weighted by Gasteiger charge is -2.25. The molecular formula is C20H19N3O3. The quantitative estimate of drug-likeness (QED) is 0.789. The van der Waals surface area contributed by atoms with Gasteiger partial charge >= 0.3 is 0 Å². The van der Waals surface area contributed by atoms with Crippen molar-refractivity contribution in [3.63, 3.8) is 0 Å². The molecule has 6 heteroatoms. The van der Waals surface area contributed by atoms with Gasteiger partial charge in [-0.2, -0.15) is 5.10 Å². The van der Waals surface area contributed by atoms with E-state index in [0.29, 0.717) is 32.0 Å². The van der Waals surface area contributed by atoms with Crippen LogP contribution in [0.1, 0.15) is 10.5 Å². The van der Waals surface area contributed by atoms with Crippen molar-refractivity contribution >= 4 is 5.91 Å². The van der Waals surface area contributed by atoms with Crippen LogP contribution in [0.4, 0.5) is 0 Å². The lowest BCUT2D eigenvalue weighted by Crippen LogP contribution is -2.40. The molecule has 132 valence electrons. The normalized spacial score (nSPS) is 14.4. The third-order valence-corrected chi connectivity index (χ3v) is 4.39. The molecule has 1 saturated heterocycles. The molecule has 3 aromatic rings. The van der Waals surface area contributed by atoms with Crippen molar-refractivity contribution in [3.8, 4) is 22.7 Å². The summed E-state index contributed by atoms with van der Waals surface area (Å²) >= 11 is 0. The standard InChI is InChI=1S/C20H19N3O3/c24-17-8-6-15(7-9-17)19-14-18(20(25)22-10-12-26-13-11-22)21-23(19)16-4-2-1-3-5-16/h1-9,14,24H,10-13H2. The van der Waals surface area contributed by atoms with Crippen molar-refractivity contribution in [2.24, 2.45) is 0 Å². The Morgan fingerprint density at radius 1 is 1.00 bits per heavy atom. The highest BCUT2D eigenvalue weighted by Crippen LogP contribution is 2.26. The van der Waals surface area contributed by atoms with Gasteiger partial charge in [-0.3, -0.25) is 4.79 Å². The van der Waals surface area contributed by atoms with Gasteiger partial charge in [0.1, 0.15) is 5.75 Å². The Morgan fingerprint density at radius 2 is 1.69 bits per heavy atom. The minimum atomic E-state index is -0.0944. The van der Waals surface area contributed by atoms with E-state index in [1.807, 2.05) is 42.5 Å². The van der Waals surface area contributed by atoms with E-state index in [1.165, 1.54) is 0 Å². The molecule has 26 heavy (non-hydrogen) atoms. The number of ether oxygens (including phenoxy) is 1. The Kier molecular flexibility index (Phi) is 4.41. The number of aromatic nitrogens is 2. The maximum Gasteiger partial charge on any atom is 0.274 e. The number of carbonyl (C=O) groups excluding carboxylic acids is 1. The molecule has 0 spiro atoms. The van der Waals surface area contributed by atoms with Crippen molar-refractivity contribution in [2.45, 2.75) is 0 Å². The molecule has 1 amide bonds. The van der Waals surface area contributed by atoms with Crippen molar-refractivity contribution in [3.05, 3.63) is 66.4 Å². The van der Waals surface area contributed by atoms with E-state index in [9.17, 15) is 9.90 Å². The highest BCUT2D eigenvalue weighted by Gasteiger charge is 2.23. The van der Waals surface area contributed by atoms with Crippen LogP contribution in [0.25, 0.3) is 16.9 Å². The number of carbonyl (C=O) groups is 1. The fourth-order valence-electron chi connectivity index (χ4n) is 3.02. The predicted molar refractivity (Wildman–Crippen MR) is 97.4 cm³/mol. The predicted octanol–water partition coefficient (Wildman–Crippen LogP) is 2.72. The van der Waals surface area contributed by atoms with Crippen LogP contribution < -0.4 is 0 Å². The maximum absolute atomic E-state index is 12.8. The monoisotopic (exact) mass is 349 g/mol. The average Bonchev–Trinajstić information content (AvgIpc) is 3.15. The highest BCUT2D eigenvalue weighted by atomic mass is 16.5. The fourth-order valence-corrected chi connectivity index (χ4v) is 3.02. The van der Waals surface area contributed by atoms with E-state index >= 15 is 0 Å². The van der Waals surface area contributed by atoms with E-state index in [4.69, 9.17) is 4.74 Å². The molecule has 0 atom stereocenters. The van der Waals surface area contributed by atoms with Crippen LogP contribution in [0, 0.1) is 0 Å². The molecule has 0 radical (unpaired) electrons. The molecule has 1 aromatic heterocycles. The molecule has 1 fully saturated rings. The number of hydrogen-bond acceptors (Lipinski definition) is 4. The largest absolute Gasteiger partial charge is 0.508 e. The van der Waals surface area contributed by atoms with Crippen molar-refractivity contribution in [1.29, 1.82) is 0 Å². The molecule has 0 saturated carbocycles. The molecule has 0 unspecified atom stereocenters. The summed E-state index contributed by atoms with van der Waals surface area (Å²) in [6, 6.07) is 18.4. The molecule has 0 aliphatic carbocycles. The van der Waals surface area contributed by atoms with Crippen LogP contribution in [-0.4, -0.2) is 52.0 Å². The van der Waals surface area contributed by atoms with Gasteiger partial charge in [-0.25, -0.2) is 4.68 Å². The van der Waals surface area contributed by atoms with Gasteiger partial charge < -0.3 is 14.7 Å². The first-order valence-electron chi connectivity index (χ1n) is 8.54. The average molecular weight is 349 g/mol. The van der Waals surface area contributed by atoms with Gasteiger partial charge in [0, 0.05) is 18.7 Å². The zero-order valence-corrected chi connectivity index (χ0v) is 14.2. The molecular weight excluding hydrogens is 330 g/mol. The van der Waals surface area contributed by atoms with Crippen LogP contribution >= 0.6 is 0 Å². The Morgan fingerprint density at radius 3 is 2.38 bits per heavy atom. The second-order valence-electron chi connectivity index (χ2n) is 6.11. The van der Waals surface area contributed by atoms with Crippen molar-refractivity contribution < 1.29 is 14.6 Å². The number of aromatic hydroxyl groups is 1. The third-order valence-electron chi connectivity index (χ3n) is 4.39. The van der Waals surface area contributed by atoms with Crippen molar-refractivity contribution in [1.82, 2.24) is 14.7 Å². The van der Waals surface area contributed by atoms with E-state index < -0.39 is 0 Å². The fraction of sp³-hybridized carbons (Fsp3) is 0.200. The summed E-state index contributed by atoms with van der Waals surface area (Å²) in [7, 11) is 0. The van der Waals surface area contributed by atoms with E-state index in [-0.39, 0.29) is 11.7 Å². The highest BCUT2D eigenvalue weighted by molar-refractivity contribution is 5.93. The maximum atomic E-state index is 12.8. The zero-order chi connectivity index (χ0) is 17.9. The zero-order valence-electron chi connectivity index (χ0n) is 14.2. The summed E-state index contributed by atoms with van der Waals surface area (Å²) in [6.45, 7) is 2.25. The lowest BCUT2D eigenvalue weighted by molar-refractivity contribution is 0.0298. The number of benzene rings is 2. The lowest BCUT2D eigenvalue weighted by atomic mass is 10.1. The van der Waals surface area contributed by atoms with E-state index in [0.717, 1.165) is 16.9 Å². The van der Waals surface area contributed by atoms with Gasteiger partial charge in [-0.15, -0.1) is 0 Å². The number of rotatable bonds is 3. The molecule has 0 bridgehead atoms. The molecule has 2 heterocycles. The molecule has 2 aromatic carbocycles. The molecule has 1 aliphatic heterocycles. The van der Waals surface area contributed by atoms with Gasteiger partial charge in [0.05, 0.1) is 24.6 Å². The van der Waals surface area contributed by atoms with E-state index in [1.54, 1.807) is 27.8 Å². The summed E-state index contributed by atoms with van der Waals surface area (Å²) in [4.78, 5) is 14.6. The third kappa shape index (κ3) is 3.19. The van der Waals surface area contributed by atoms with Gasteiger partial charge in [-0.05, 0) is 42.5 Å². The Labute approximate surface area is 151 Å². The van der Waals surface area contributed by atoms with Gasteiger partial charge in [-0.1, -0.05) is 18.2 Å². The first kappa shape index (κ1) is 16.4. The summed E-state index contributed by atoms with van der Waals surface area (Å²) in [6.07, 6.45) is 0. The van der Waals surface area contributed by atoms with Crippen LogP contribution in [0.5, 0.6) is 5.75 Å². The van der Waals surface area contributed by atoms with Gasteiger partial charge in [0.2, 0.25) is 0 Å². The van der Waals surface area contributed by atoms with Crippen LogP contribution in [0.15, 0.2) is 60.7 Å². The van der Waals surface area contributed by atoms with Crippen LogP contribution in [-0.2, 0) is 4.74 Å². The van der Waals surface area contributed by atoms with E-state index in [2.05, 4.69) is 5.10 Å². The Balaban J connectivity index is 1.77. The first-order chi connectivity index (χ1) is 12.7. The molecule has 6 nitrogen and oxygen atoms in total. The van der Waals surface area contributed by atoms with Crippen molar-refractivity contribution in [2.75, 3.05) is 26.3 Å². The number of para-hydroxylation sites is 1.